The Labute approximate surface area is 254 Å². The van der Waals surface area contributed by atoms with Crippen molar-refractivity contribution >= 4 is 22.8 Å². The molecule has 6 aromatic rings. The zero-order valence-electron chi connectivity index (χ0n) is 24.2. The fourth-order valence-electron chi connectivity index (χ4n) is 5.90. The van der Waals surface area contributed by atoms with Crippen molar-refractivity contribution in [3.63, 3.8) is 0 Å². The van der Waals surface area contributed by atoms with Crippen LogP contribution in [0.25, 0.3) is 34.1 Å². The minimum absolute atomic E-state index is 0.389. The summed E-state index contributed by atoms with van der Waals surface area (Å²) in [7, 11) is 0. The fraction of sp³-hybridized carbons (Fsp3) is 0.242. The van der Waals surface area contributed by atoms with Gasteiger partial charge < -0.3 is 16.4 Å². The lowest BCUT2D eigenvalue weighted by Crippen LogP contribution is -2.39. The molecule has 0 saturated carbocycles. The van der Waals surface area contributed by atoms with Crippen LogP contribution in [0.15, 0.2) is 85.3 Å². The molecule has 0 bridgehead atoms. The molecule has 6 heterocycles. The topological polar surface area (TPSA) is 130 Å². The molecule has 0 spiro atoms. The van der Waals surface area contributed by atoms with Crippen LogP contribution < -0.4 is 16.4 Å². The number of halogens is 1. The van der Waals surface area contributed by atoms with E-state index in [0.29, 0.717) is 34.7 Å². The first-order valence-corrected chi connectivity index (χ1v) is 14.9. The number of piperidine rings is 1. The molecule has 11 heteroatoms. The number of nitrogens with zero attached hydrogens (tertiary/aromatic N) is 8. The highest BCUT2D eigenvalue weighted by Crippen LogP contribution is 2.33. The molecule has 1 saturated heterocycles. The highest BCUT2D eigenvalue weighted by Gasteiger charge is 2.21. The van der Waals surface area contributed by atoms with E-state index in [2.05, 4.69) is 44.2 Å². The Morgan fingerprint density at radius 1 is 0.818 bits per heavy atom. The third-order valence-corrected chi connectivity index (χ3v) is 8.21. The maximum absolute atomic E-state index is 13.5. The Morgan fingerprint density at radius 3 is 2.43 bits per heavy atom. The molecular weight excluding hydrogens is 555 g/mol. The molecule has 1 aliphatic heterocycles. The second kappa shape index (κ2) is 11.8. The van der Waals surface area contributed by atoms with E-state index in [1.54, 1.807) is 18.5 Å². The molecule has 10 nitrogen and oxygen atoms in total. The molecule has 0 radical (unpaired) electrons. The number of aryl methyl sites for hydroxylation is 2. The Kier molecular flexibility index (Phi) is 7.45. The smallest absolute Gasteiger partial charge is 0.233 e. The molecule has 8 rings (SSSR count). The fourth-order valence-corrected chi connectivity index (χ4v) is 5.90. The summed E-state index contributed by atoms with van der Waals surface area (Å²) in [5.41, 5.74) is 17.8. The number of pyridine rings is 3. The van der Waals surface area contributed by atoms with Crippen molar-refractivity contribution in [1.82, 2.24) is 34.3 Å². The van der Waals surface area contributed by atoms with E-state index < -0.39 is 5.95 Å². The van der Waals surface area contributed by atoms with Crippen LogP contribution in [-0.2, 0) is 12.8 Å². The minimum Gasteiger partial charge on any atom is -0.383 e. The average molecular weight is 589 g/mol. The number of fused-ring (bicyclic) bond motifs is 2. The van der Waals surface area contributed by atoms with E-state index in [1.807, 2.05) is 41.1 Å². The van der Waals surface area contributed by atoms with Crippen LogP contribution in [0.1, 0.15) is 30.4 Å². The molecule has 0 amide bonds. The highest BCUT2D eigenvalue weighted by atomic mass is 19.1. The molecule has 1 aliphatic carbocycles. The lowest BCUT2D eigenvalue weighted by molar-refractivity contribution is 0.498. The summed E-state index contributed by atoms with van der Waals surface area (Å²) in [6.07, 6.45) is 10.5. The number of anilines is 2. The molecule has 1 fully saturated rings. The van der Waals surface area contributed by atoms with Gasteiger partial charge in [-0.3, -0.25) is 4.57 Å². The lowest BCUT2D eigenvalue weighted by atomic mass is 10.1. The van der Waals surface area contributed by atoms with E-state index >= 15 is 0 Å². The number of aromatic nitrogens is 7. The summed E-state index contributed by atoms with van der Waals surface area (Å²) in [6.45, 7) is 2.08. The standard InChI is InChI=1S/C23H18FN7.C10H15N3/c24-19-10-12-30(29-19)20-9-8-18-23(28-20)31(16-7-6-14-3-1-4-15(14)13-16)22(27-18)17-5-2-11-26-21(17)25;11-9-4-7-13(8-5-9)10-3-1-2-6-12-10/h2,5-13H,1,3-4H2,(H2,25,26);1-3,6,9H,4-5,7-8,11H2. The van der Waals surface area contributed by atoms with E-state index in [4.69, 9.17) is 21.4 Å². The van der Waals surface area contributed by atoms with Gasteiger partial charge in [0.1, 0.15) is 17.2 Å². The van der Waals surface area contributed by atoms with Gasteiger partial charge in [0.05, 0.1) is 5.56 Å². The van der Waals surface area contributed by atoms with Crippen LogP contribution in [0.3, 0.4) is 0 Å². The van der Waals surface area contributed by atoms with E-state index in [1.165, 1.54) is 28.3 Å². The lowest BCUT2D eigenvalue weighted by Gasteiger charge is -2.30. The number of nitrogens with two attached hydrogens (primary N) is 2. The number of nitrogen functional groups attached to an aromatic ring is 1. The monoisotopic (exact) mass is 588 g/mol. The summed E-state index contributed by atoms with van der Waals surface area (Å²) >= 11 is 0. The maximum Gasteiger partial charge on any atom is 0.233 e. The van der Waals surface area contributed by atoms with Crippen molar-refractivity contribution in [2.24, 2.45) is 5.73 Å². The van der Waals surface area contributed by atoms with Gasteiger partial charge in [0, 0.05) is 49.5 Å². The van der Waals surface area contributed by atoms with Gasteiger partial charge in [0.25, 0.3) is 0 Å². The molecule has 5 aromatic heterocycles. The Bertz CT molecular complexity index is 1910. The highest BCUT2D eigenvalue weighted by molar-refractivity contribution is 5.83. The molecule has 4 N–H and O–H groups in total. The third kappa shape index (κ3) is 5.49. The van der Waals surface area contributed by atoms with Gasteiger partial charge in [-0.2, -0.15) is 4.39 Å². The first-order valence-electron chi connectivity index (χ1n) is 14.9. The zero-order valence-corrected chi connectivity index (χ0v) is 24.2. The van der Waals surface area contributed by atoms with Crippen LogP contribution in [0, 0.1) is 5.95 Å². The summed E-state index contributed by atoms with van der Waals surface area (Å²) in [6, 6.07) is 21.5. The number of benzene rings is 1. The first kappa shape index (κ1) is 27.7. The van der Waals surface area contributed by atoms with Crippen molar-refractivity contribution in [2.45, 2.75) is 38.1 Å². The number of imidazole rings is 1. The largest absolute Gasteiger partial charge is 0.383 e. The van der Waals surface area contributed by atoms with Crippen LogP contribution in [0.4, 0.5) is 16.0 Å². The van der Waals surface area contributed by atoms with Gasteiger partial charge in [0.15, 0.2) is 17.3 Å². The van der Waals surface area contributed by atoms with Crippen molar-refractivity contribution in [3.05, 3.63) is 102 Å². The third-order valence-electron chi connectivity index (χ3n) is 8.21. The molecule has 0 unspecified atom stereocenters. The molecule has 44 heavy (non-hydrogen) atoms. The Hall–Kier alpha value is -5.16. The maximum atomic E-state index is 13.5. The summed E-state index contributed by atoms with van der Waals surface area (Å²) < 4.78 is 16.9. The minimum atomic E-state index is -0.558. The van der Waals surface area contributed by atoms with E-state index in [0.717, 1.165) is 55.8 Å². The molecule has 1 aromatic carbocycles. The van der Waals surface area contributed by atoms with Crippen LogP contribution in [0.2, 0.25) is 0 Å². The van der Waals surface area contributed by atoms with Gasteiger partial charge in [-0.25, -0.2) is 24.6 Å². The van der Waals surface area contributed by atoms with Crippen molar-refractivity contribution < 1.29 is 4.39 Å². The number of hydrogen-bond donors (Lipinski definition) is 2. The summed E-state index contributed by atoms with van der Waals surface area (Å²) in [5.74, 6) is 2.08. The summed E-state index contributed by atoms with van der Waals surface area (Å²) in [4.78, 5) is 20.4. The molecule has 2 aliphatic rings. The number of rotatable bonds is 4. The van der Waals surface area contributed by atoms with E-state index in [-0.39, 0.29) is 0 Å². The Morgan fingerprint density at radius 2 is 1.66 bits per heavy atom. The average Bonchev–Trinajstić information content (AvgIpc) is 3.80. The van der Waals surface area contributed by atoms with Gasteiger partial charge in [0.2, 0.25) is 5.95 Å². The predicted octanol–water partition coefficient (Wildman–Crippen LogP) is 4.89. The predicted molar refractivity (Wildman–Crippen MR) is 169 cm³/mol. The Balaban J connectivity index is 0.000000201. The normalized spacial score (nSPS) is 14.8. The first-order chi connectivity index (χ1) is 21.5. The van der Waals surface area contributed by atoms with Gasteiger partial charge in [-0.05, 0) is 91.8 Å². The van der Waals surface area contributed by atoms with Crippen LogP contribution >= 0.6 is 0 Å². The van der Waals surface area contributed by atoms with Crippen LogP contribution in [-0.4, -0.2) is 53.4 Å². The van der Waals surface area contributed by atoms with Gasteiger partial charge in [-0.1, -0.05) is 12.1 Å². The van der Waals surface area contributed by atoms with Crippen LogP contribution in [0.5, 0.6) is 0 Å². The van der Waals surface area contributed by atoms with Crippen molar-refractivity contribution in [3.8, 4) is 22.9 Å². The number of hydrogen-bond acceptors (Lipinski definition) is 8. The SMILES string of the molecule is NC1CCN(c2ccccn2)CC1.Nc1ncccc1-c1nc2ccc(-n3ccc(F)n3)nc2n1-c1ccc2c(c1)CCC2. The van der Waals surface area contributed by atoms with E-state index in [9.17, 15) is 4.39 Å². The quantitative estimate of drug-likeness (QED) is 0.298. The molecule has 222 valence electrons. The zero-order chi connectivity index (χ0) is 30.0. The van der Waals surface area contributed by atoms with Gasteiger partial charge in [-0.15, -0.1) is 5.10 Å². The van der Waals surface area contributed by atoms with Crippen molar-refractivity contribution in [2.75, 3.05) is 23.7 Å². The second-order valence-corrected chi connectivity index (χ2v) is 11.1. The molecule has 0 atom stereocenters. The molecular formula is C33H33FN10. The van der Waals surface area contributed by atoms with Crippen molar-refractivity contribution in [1.29, 1.82) is 0 Å². The summed E-state index contributed by atoms with van der Waals surface area (Å²) in [5, 5.41) is 3.84. The van der Waals surface area contributed by atoms with Gasteiger partial charge >= 0.3 is 0 Å². The second-order valence-electron chi connectivity index (χ2n) is 11.1.